The van der Waals surface area contributed by atoms with Crippen molar-refractivity contribution in [1.82, 2.24) is 15.0 Å². The van der Waals surface area contributed by atoms with Gasteiger partial charge in [0.05, 0.1) is 0 Å². The van der Waals surface area contributed by atoms with Crippen LogP contribution in [0.5, 0.6) is 0 Å². The lowest BCUT2D eigenvalue weighted by atomic mass is 10.3. The summed E-state index contributed by atoms with van der Waals surface area (Å²) in [5.74, 6) is 2.88. The van der Waals surface area contributed by atoms with Crippen LogP contribution in [0.25, 0.3) is 0 Å². The molecule has 0 radical (unpaired) electrons. The average Bonchev–Trinajstić information content (AvgIpc) is 2.67. The zero-order chi connectivity index (χ0) is 16.8. The van der Waals surface area contributed by atoms with E-state index in [-0.39, 0.29) is 0 Å². The van der Waals surface area contributed by atoms with Crippen LogP contribution in [0.3, 0.4) is 0 Å². The summed E-state index contributed by atoms with van der Waals surface area (Å²) >= 11 is 0. The average molecular weight is 326 g/mol. The summed E-state index contributed by atoms with van der Waals surface area (Å²) in [5.41, 5.74) is 0. The molecule has 0 bridgehead atoms. The van der Waals surface area contributed by atoms with Crippen molar-refractivity contribution in [2.45, 2.75) is 19.8 Å². The summed E-state index contributed by atoms with van der Waals surface area (Å²) in [5, 5.41) is 0. The van der Waals surface area contributed by atoms with Crippen LogP contribution in [0.4, 0.5) is 17.6 Å². The topological polar surface area (TPSA) is 48.4 Å². The maximum atomic E-state index is 4.75. The van der Waals surface area contributed by atoms with Crippen LogP contribution in [0.15, 0.2) is 36.7 Å². The normalized spacial score (nSPS) is 14.8. The molecule has 0 N–H and O–H groups in total. The zero-order valence-electron chi connectivity index (χ0n) is 14.6. The molecule has 2 aromatic heterocycles. The van der Waals surface area contributed by atoms with Crippen LogP contribution in [0.1, 0.15) is 19.8 Å². The lowest BCUT2D eigenvalue weighted by molar-refractivity contribution is 0.634. The van der Waals surface area contributed by atoms with Crippen LogP contribution in [-0.4, -0.2) is 54.7 Å². The van der Waals surface area contributed by atoms with Gasteiger partial charge in [0.25, 0.3) is 0 Å². The van der Waals surface area contributed by atoms with E-state index in [2.05, 4.69) is 44.7 Å². The minimum Gasteiger partial charge on any atom is -0.360 e. The highest BCUT2D eigenvalue weighted by Gasteiger charge is 2.20. The monoisotopic (exact) mass is 326 g/mol. The smallest absolute Gasteiger partial charge is 0.227 e. The summed E-state index contributed by atoms with van der Waals surface area (Å²) < 4.78 is 0. The minimum absolute atomic E-state index is 0.830. The number of hydrogen-bond donors (Lipinski definition) is 0. The van der Waals surface area contributed by atoms with Crippen LogP contribution >= 0.6 is 0 Å². The highest BCUT2D eigenvalue weighted by molar-refractivity contribution is 5.45. The standard InChI is InChI=1S/C18H26N6/c1-3-4-11-22(2)17-8-10-20-18(21-17)24-14-12-23(13-15-24)16-7-5-6-9-19-16/h5-10H,3-4,11-15H2,1-2H3. The first-order valence-electron chi connectivity index (χ1n) is 8.73. The van der Waals surface area contributed by atoms with Crippen LogP contribution in [0.2, 0.25) is 0 Å². The molecule has 1 fully saturated rings. The Kier molecular flexibility index (Phi) is 5.46. The van der Waals surface area contributed by atoms with E-state index in [1.807, 2.05) is 30.6 Å². The van der Waals surface area contributed by atoms with Crippen molar-refractivity contribution in [3.05, 3.63) is 36.7 Å². The number of aromatic nitrogens is 3. The Morgan fingerprint density at radius 1 is 1.00 bits per heavy atom. The third-order valence-electron chi connectivity index (χ3n) is 4.40. The first-order valence-corrected chi connectivity index (χ1v) is 8.73. The predicted molar refractivity (Wildman–Crippen MR) is 98.9 cm³/mol. The summed E-state index contributed by atoms with van der Waals surface area (Å²) in [6.07, 6.45) is 6.09. The third-order valence-corrected chi connectivity index (χ3v) is 4.40. The van der Waals surface area contributed by atoms with Gasteiger partial charge in [-0.05, 0) is 24.6 Å². The SMILES string of the molecule is CCCCN(C)c1ccnc(N2CCN(c3ccccn3)CC2)n1. The molecule has 0 amide bonds. The van der Waals surface area contributed by atoms with E-state index in [9.17, 15) is 0 Å². The molecule has 128 valence electrons. The molecule has 0 unspecified atom stereocenters. The molecule has 1 aliphatic heterocycles. The van der Waals surface area contributed by atoms with Gasteiger partial charge in [0.15, 0.2) is 0 Å². The first-order chi connectivity index (χ1) is 11.8. The van der Waals surface area contributed by atoms with Gasteiger partial charge in [-0.2, -0.15) is 4.98 Å². The van der Waals surface area contributed by atoms with Crippen molar-refractivity contribution in [1.29, 1.82) is 0 Å². The lowest BCUT2D eigenvalue weighted by Crippen LogP contribution is -2.47. The van der Waals surface area contributed by atoms with Gasteiger partial charge in [0.1, 0.15) is 11.6 Å². The van der Waals surface area contributed by atoms with Crippen molar-refractivity contribution < 1.29 is 0 Å². The Hall–Kier alpha value is -2.37. The van der Waals surface area contributed by atoms with Gasteiger partial charge in [-0.15, -0.1) is 0 Å². The number of rotatable bonds is 6. The fourth-order valence-corrected chi connectivity index (χ4v) is 2.89. The number of anilines is 3. The van der Waals surface area contributed by atoms with Crippen molar-refractivity contribution in [2.75, 3.05) is 54.5 Å². The summed E-state index contributed by atoms with van der Waals surface area (Å²) in [6, 6.07) is 8.04. The maximum absolute atomic E-state index is 4.75. The van der Waals surface area contributed by atoms with Gasteiger partial charge < -0.3 is 14.7 Å². The molecule has 6 nitrogen and oxygen atoms in total. The van der Waals surface area contributed by atoms with E-state index in [0.29, 0.717) is 0 Å². The quantitative estimate of drug-likeness (QED) is 0.812. The van der Waals surface area contributed by atoms with E-state index >= 15 is 0 Å². The lowest BCUT2D eigenvalue weighted by Gasteiger charge is -2.35. The molecule has 1 saturated heterocycles. The number of nitrogens with zero attached hydrogens (tertiary/aromatic N) is 6. The second-order valence-corrected chi connectivity index (χ2v) is 6.15. The third kappa shape index (κ3) is 3.93. The molecule has 2 aromatic rings. The minimum atomic E-state index is 0.830. The van der Waals surface area contributed by atoms with Gasteiger partial charge in [-0.1, -0.05) is 19.4 Å². The Bertz CT molecular complexity index is 624. The number of hydrogen-bond acceptors (Lipinski definition) is 6. The van der Waals surface area contributed by atoms with E-state index in [0.717, 1.165) is 50.3 Å². The van der Waals surface area contributed by atoms with Gasteiger partial charge >= 0.3 is 0 Å². The number of piperazine rings is 1. The van der Waals surface area contributed by atoms with E-state index in [1.54, 1.807) is 0 Å². The molecule has 0 atom stereocenters. The van der Waals surface area contributed by atoms with Crippen molar-refractivity contribution >= 4 is 17.6 Å². The Morgan fingerprint density at radius 2 is 1.79 bits per heavy atom. The Labute approximate surface area is 144 Å². The number of pyridine rings is 1. The molecule has 6 heteroatoms. The van der Waals surface area contributed by atoms with E-state index < -0.39 is 0 Å². The van der Waals surface area contributed by atoms with Gasteiger partial charge in [0.2, 0.25) is 5.95 Å². The van der Waals surface area contributed by atoms with Crippen molar-refractivity contribution in [3.63, 3.8) is 0 Å². The fraction of sp³-hybridized carbons (Fsp3) is 0.500. The van der Waals surface area contributed by atoms with Gasteiger partial charge in [-0.3, -0.25) is 0 Å². The fourth-order valence-electron chi connectivity index (χ4n) is 2.89. The summed E-state index contributed by atoms with van der Waals surface area (Å²) in [6.45, 7) is 6.95. The first kappa shape index (κ1) is 16.5. The Balaban J connectivity index is 1.62. The predicted octanol–water partition coefficient (Wildman–Crippen LogP) is 2.43. The molecular weight excluding hydrogens is 300 g/mol. The highest BCUT2D eigenvalue weighted by atomic mass is 15.3. The van der Waals surface area contributed by atoms with E-state index in [4.69, 9.17) is 4.98 Å². The van der Waals surface area contributed by atoms with Gasteiger partial charge in [0, 0.05) is 52.2 Å². The van der Waals surface area contributed by atoms with Crippen LogP contribution < -0.4 is 14.7 Å². The maximum Gasteiger partial charge on any atom is 0.227 e. The largest absolute Gasteiger partial charge is 0.360 e. The summed E-state index contributed by atoms with van der Waals surface area (Å²) in [7, 11) is 2.10. The molecule has 24 heavy (non-hydrogen) atoms. The second-order valence-electron chi connectivity index (χ2n) is 6.15. The van der Waals surface area contributed by atoms with E-state index in [1.165, 1.54) is 12.8 Å². The van der Waals surface area contributed by atoms with Crippen molar-refractivity contribution in [3.8, 4) is 0 Å². The summed E-state index contributed by atoms with van der Waals surface area (Å²) in [4.78, 5) is 20.4. The molecule has 0 aromatic carbocycles. The zero-order valence-corrected chi connectivity index (χ0v) is 14.6. The molecule has 0 spiro atoms. The Morgan fingerprint density at radius 3 is 2.50 bits per heavy atom. The highest BCUT2D eigenvalue weighted by Crippen LogP contribution is 2.18. The molecule has 1 aliphatic rings. The molecular formula is C18H26N6. The van der Waals surface area contributed by atoms with Crippen LogP contribution in [0, 0.1) is 0 Å². The van der Waals surface area contributed by atoms with Gasteiger partial charge in [-0.25, -0.2) is 9.97 Å². The van der Waals surface area contributed by atoms with Crippen LogP contribution in [-0.2, 0) is 0 Å². The second kappa shape index (κ2) is 7.95. The molecule has 0 aliphatic carbocycles. The molecule has 0 saturated carbocycles. The number of unbranched alkanes of at least 4 members (excludes halogenated alkanes) is 1. The molecule has 3 rings (SSSR count). The molecule has 3 heterocycles. The van der Waals surface area contributed by atoms with Crippen molar-refractivity contribution in [2.24, 2.45) is 0 Å².